The Morgan fingerprint density at radius 3 is 2.61 bits per heavy atom. The molecule has 7 heteroatoms. The van der Waals surface area contributed by atoms with E-state index in [1.54, 1.807) is 17.9 Å². The minimum Gasteiger partial charge on any atom is -0.320 e. The molecular weight excluding hydrogens is 388 g/mol. The molecule has 152 valence electrons. The highest BCUT2D eigenvalue weighted by molar-refractivity contribution is 6.07. The first-order valence-corrected chi connectivity index (χ1v) is 9.90. The minimum atomic E-state index is -0.252. The number of aromatic nitrogens is 5. The van der Waals surface area contributed by atoms with Crippen molar-refractivity contribution in [2.75, 3.05) is 5.32 Å². The highest BCUT2D eigenvalue weighted by Gasteiger charge is 2.19. The highest BCUT2D eigenvalue weighted by atomic mass is 16.2. The summed E-state index contributed by atoms with van der Waals surface area (Å²) in [7, 11) is 1.75. The Hall–Kier alpha value is -4.26. The Bertz CT molecular complexity index is 1400. The molecule has 7 nitrogen and oxygen atoms in total. The summed E-state index contributed by atoms with van der Waals surface area (Å²) in [6.45, 7) is 1.92. The summed E-state index contributed by atoms with van der Waals surface area (Å²) >= 11 is 0. The van der Waals surface area contributed by atoms with Gasteiger partial charge in [-0.05, 0) is 25.1 Å². The molecule has 0 saturated carbocycles. The van der Waals surface area contributed by atoms with Gasteiger partial charge in [0.1, 0.15) is 11.3 Å². The lowest BCUT2D eigenvalue weighted by molar-refractivity contribution is 0.101. The second-order valence-corrected chi connectivity index (χ2v) is 7.32. The van der Waals surface area contributed by atoms with Crippen molar-refractivity contribution in [2.24, 2.45) is 7.05 Å². The lowest BCUT2D eigenvalue weighted by atomic mass is 10.1. The number of nitrogens with zero attached hydrogens (tertiary/aromatic N) is 5. The second-order valence-electron chi connectivity index (χ2n) is 7.32. The van der Waals surface area contributed by atoms with E-state index in [0.717, 1.165) is 28.3 Å². The maximum atomic E-state index is 13.1. The van der Waals surface area contributed by atoms with E-state index in [-0.39, 0.29) is 5.91 Å². The van der Waals surface area contributed by atoms with Gasteiger partial charge in [-0.15, -0.1) is 0 Å². The summed E-state index contributed by atoms with van der Waals surface area (Å²) in [6.07, 6.45) is 5.52. The third kappa shape index (κ3) is 3.57. The SMILES string of the molecule is Cc1cccc(-c2cnn(C)c2C(=O)Nc2ccn3cc(-c4ccccc4)nc3c2)n1. The molecule has 0 aliphatic heterocycles. The van der Waals surface area contributed by atoms with Gasteiger partial charge in [0.25, 0.3) is 5.91 Å². The summed E-state index contributed by atoms with van der Waals surface area (Å²) in [6, 6.07) is 19.4. The van der Waals surface area contributed by atoms with Gasteiger partial charge in [0.15, 0.2) is 0 Å². The van der Waals surface area contributed by atoms with Crippen LogP contribution in [0.5, 0.6) is 0 Å². The number of hydrogen-bond acceptors (Lipinski definition) is 4. The first-order valence-electron chi connectivity index (χ1n) is 9.90. The number of nitrogens with one attached hydrogen (secondary N) is 1. The fraction of sp³-hybridized carbons (Fsp3) is 0.0833. The summed E-state index contributed by atoms with van der Waals surface area (Å²) < 4.78 is 3.50. The van der Waals surface area contributed by atoms with Crippen molar-refractivity contribution < 1.29 is 4.79 Å². The molecule has 0 fully saturated rings. The van der Waals surface area contributed by atoms with Crippen LogP contribution in [0.15, 0.2) is 79.3 Å². The number of carbonyl (C=O) groups excluding carboxylic acids is 1. The van der Waals surface area contributed by atoms with E-state index >= 15 is 0 Å². The van der Waals surface area contributed by atoms with Crippen LogP contribution in [-0.2, 0) is 7.05 Å². The van der Waals surface area contributed by atoms with Crippen molar-refractivity contribution in [3.8, 4) is 22.5 Å². The monoisotopic (exact) mass is 408 g/mol. The molecule has 0 atom stereocenters. The fourth-order valence-electron chi connectivity index (χ4n) is 3.59. The van der Waals surface area contributed by atoms with Gasteiger partial charge in [0.05, 0.1) is 23.1 Å². The molecule has 1 amide bonds. The topological polar surface area (TPSA) is 77.1 Å². The van der Waals surface area contributed by atoms with E-state index in [1.165, 1.54) is 0 Å². The van der Waals surface area contributed by atoms with Gasteiger partial charge in [-0.3, -0.25) is 14.5 Å². The molecular formula is C24H20N6O. The lowest BCUT2D eigenvalue weighted by Gasteiger charge is -2.08. The van der Waals surface area contributed by atoms with E-state index in [4.69, 9.17) is 4.98 Å². The number of hydrogen-bond donors (Lipinski definition) is 1. The quantitative estimate of drug-likeness (QED) is 0.479. The van der Waals surface area contributed by atoms with Gasteiger partial charge < -0.3 is 9.72 Å². The first kappa shape index (κ1) is 18.7. The molecule has 4 heterocycles. The van der Waals surface area contributed by atoms with Crippen LogP contribution in [-0.4, -0.2) is 30.1 Å². The number of rotatable bonds is 4. The molecule has 0 unspecified atom stereocenters. The van der Waals surface area contributed by atoms with Crippen molar-refractivity contribution in [3.05, 3.63) is 90.6 Å². The van der Waals surface area contributed by atoms with Gasteiger partial charge >= 0.3 is 0 Å². The lowest BCUT2D eigenvalue weighted by Crippen LogP contribution is -2.17. The number of aryl methyl sites for hydroxylation is 2. The summed E-state index contributed by atoms with van der Waals surface area (Å²) in [4.78, 5) is 22.3. The van der Waals surface area contributed by atoms with Crippen LogP contribution in [0, 0.1) is 6.92 Å². The molecule has 0 spiro atoms. The van der Waals surface area contributed by atoms with Crippen LogP contribution in [0.25, 0.3) is 28.2 Å². The van der Waals surface area contributed by atoms with Crippen molar-refractivity contribution >= 4 is 17.2 Å². The smallest absolute Gasteiger partial charge is 0.274 e. The Morgan fingerprint density at radius 1 is 0.968 bits per heavy atom. The van der Waals surface area contributed by atoms with E-state index in [1.807, 2.05) is 84.4 Å². The normalized spacial score (nSPS) is 11.0. The van der Waals surface area contributed by atoms with Crippen LogP contribution < -0.4 is 5.32 Å². The Labute approximate surface area is 179 Å². The van der Waals surface area contributed by atoms with Crippen molar-refractivity contribution in [2.45, 2.75) is 6.92 Å². The maximum absolute atomic E-state index is 13.1. The highest BCUT2D eigenvalue weighted by Crippen LogP contribution is 2.24. The predicted octanol–water partition coefficient (Wildman–Crippen LogP) is 4.36. The third-order valence-corrected chi connectivity index (χ3v) is 5.11. The number of carbonyl (C=O) groups is 1. The van der Waals surface area contributed by atoms with Gasteiger partial charge in [-0.1, -0.05) is 36.4 Å². The Kier molecular flexibility index (Phi) is 4.55. The molecule has 0 aliphatic carbocycles. The minimum absolute atomic E-state index is 0.252. The number of pyridine rings is 2. The van der Waals surface area contributed by atoms with Crippen LogP contribution in [0.2, 0.25) is 0 Å². The van der Waals surface area contributed by atoms with Crippen LogP contribution in [0.4, 0.5) is 5.69 Å². The average molecular weight is 408 g/mol. The summed E-state index contributed by atoms with van der Waals surface area (Å²) in [5, 5.41) is 7.24. The van der Waals surface area contributed by atoms with Crippen LogP contribution in [0.3, 0.4) is 0 Å². The van der Waals surface area contributed by atoms with Gasteiger partial charge in [-0.2, -0.15) is 5.10 Å². The van der Waals surface area contributed by atoms with E-state index in [0.29, 0.717) is 16.9 Å². The first-order chi connectivity index (χ1) is 15.1. The summed E-state index contributed by atoms with van der Waals surface area (Å²) in [5.41, 5.74) is 6.07. The average Bonchev–Trinajstić information content (AvgIpc) is 3.37. The standard InChI is InChI=1S/C24H20N6O/c1-16-7-6-10-20(26-16)19-14-25-29(2)23(19)24(31)27-18-11-12-30-15-21(28-22(30)13-18)17-8-4-3-5-9-17/h3-15H,1-2H3,(H,27,31). The van der Waals surface area contributed by atoms with E-state index < -0.39 is 0 Å². The van der Waals surface area contributed by atoms with E-state index in [9.17, 15) is 4.79 Å². The number of benzene rings is 1. The Balaban J connectivity index is 1.45. The molecule has 1 N–H and O–H groups in total. The van der Waals surface area contributed by atoms with Gasteiger partial charge in [0.2, 0.25) is 0 Å². The molecule has 5 rings (SSSR count). The maximum Gasteiger partial charge on any atom is 0.274 e. The third-order valence-electron chi connectivity index (χ3n) is 5.11. The molecule has 4 aromatic heterocycles. The number of imidazole rings is 1. The van der Waals surface area contributed by atoms with Gasteiger partial charge in [0, 0.05) is 42.5 Å². The van der Waals surface area contributed by atoms with Crippen molar-refractivity contribution in [1.82, 2.24) is 24.1 Å². The molecule has 0 aliphatic rings. The molecule has 5 aromatic rings. The molecule has 0 bridgehead atoms. The number of fused-ring (bicyclic) bond motifs is 1. The molecule has 1 aromatic carbocycles. The van der Waals surface area contributed by atoms with E-state index in [2.05, 4.69) is 15.4 Å². The van der Waals surface area contributed by atoms with Gasteiger partial charge in [-0.25, -0.2) is 4.98 Å². The number of anilines is 1. The summed E-state index contributed by atoms with van der Waals surface area (Å²) in [5.74, 6) is -0.252. The second kappa shape index (κ2) is 7.53. The zero-order valence-electron chi connectivity index (χ0n) is 17.1. The largest absolute Gasteiger partial charge is 0.320 e. The van der Waals surface area contributed by atoms with Crippen LogP contribution >= 0.6 is 0 Å². The van der Waals surface area contributed by atoms with Crippen molar-refractivity contribution in [3.63, 3.8) is 0 Å². The fourth-order valence-corrected chi connectivity index (χ4v) is 3.59. The Morgan fingerprint density at radius 2 is 1.81 bits per heavy atom. The van der Waals surface area contributed by atoms with Crippen LogP contribution in [0.1, 0.15) is 16.2 Å². The zero-order valence-corrected chi connectivity index (χ0v) is 17.1. The molecule has 31 heavy (non-hydrogen) atoms. The number of amides is 1. The molecule has 0 saturated heterocycles. The zero-order chi connectivity index (χ0) is 21.4. The molecule has 0 radical (unpaired) electrons. The van der Waals surface area contributed by atoms with Crippen molar-refractivity contribution in [1.29, 1.82) is 0 Å². The predicted molar refractivity (Wildman–Crippen MR) is 120 cm³/mol.